The predicted octanol–water partition coefficient (Wildman–Crippen LogP) is 0.660. The maximum Gasteiger partial charge on any atom is 0.261 e. The van der Waals surface area contributed by atoms with Gasteiger partial charge in [-0.3, -0.25) is 0 Å². The second-order valence-corrected chi connectivity index (χ2v) is 5.27. The van der Waals surface area contributed by atoms with E-state index in [2.05, 4.69) is 9.71 Å². The van der Waals surface area contributed by atoms with Crippen LogP contribution in [0.5, 0.6) is 0 Å². The van der Waals surface area contributed by atoms with Gasteiger partial charge in [0, 0.05) is 12.7 Å². The Kier molecular flexibility index (Phi) is 4.98. The van der Waals surface area contributed by atoms with Crippen molar-refractivity contribution in [2.45, 2.75) is 30.9 Å². The largest absolute Gasteiger partial charge is 0.392 e. The molecule has 96 valence electrons. The number of nitrogens with zero attached hydrogens (tertiary/aromatic N) is 1. The van der Waals surface area contributed by atoms with Crippen LogP contribution in [0.3, 0.4) is 0 Å². The maximum absolute atomic E-state index is 13.2. The number of halogens is 1. The van der Waals surface area contributed by atoms with Crippen molar-refractivity contribution in [3.8, 4) is 0 Å². The molecule has 1 aromatic heterocycles. The fraction of sp³-hybridized carbons (Fsp3) is 0.500. The molecule has 0 bridgehead atoms. The van der Waals surface area contributed by atoms with Crippen LogP contribution in [0.2, 0.25) is 0 Å². The van der Waals surface area contributed by atoms with Crippen molar-refractivity contribution in [3.05, 3.63) is 24.1 Å². The van der Waals surface area contributed by atoms with Crippen molar-refractivity contribution in [2.24, 2.45) is 0 Å². The van der Waals surface area contributed by atoms with Crippen LogP contribution < -0.4 is 4.72 Å². The van der Waals surface area contributed by atoms with Crippen molar-refractivity contribution in [3.63, 3.8) is 0 Å². The predicted molar refractivity (Wildman–Crippen MR) is 60.3 cm³/mol. The van der Waals surface area contributed by atoms with Gasteiger partial charge in [-0.1, -0.05) is 13.3 Å². The number of hydrogen-bond donors (Lipinski definition) is 2. The van der Waals surface area contributed by atoms with Crippen LogP contribution in [-0.2, 0) is 10.0 Å². The van der Waals surface area contributed by atoms with Gasteiger partial charge >= 0.3 is 0 Å². The van der Waals surface area contributed by atoms with Gasteiger partial charge in [0.1, 0.15) is 0 Å². The number of pyridine rings is 1. The van der Waals surface area contributed by atoms with Crippen LogP contribution in [-0.4, -0.2) is 31.2 Å². The van der Waals surface area contributed by atoms with Crippen molar-refractivity contribution >= 4 is 10.0 Å². The molecule has 1 rings (SSSR count). The van der Waals surface area contributed by atoms with E-state index in [1.807, 2.05) is 6.92 Å². The Bertz CT molecular complexity index is 464. The summed E-state index contributed by atoms with van der Waals surface area (Å²) in [7, 11) is -4.00. The van der Waals surface area contributed by atoms with Gasteiger partial charge in [-0.15, -0.1) is 0 Å². The van der Waals surface area contributed by atoms with Crippen molar-refractivity contribution in [2.75, 3.05) is 6.54 Å². The monoisotopic (exact) mass is 262 g/mol. The second-order valence-electron chi connectivity index (χ2n) is 3.58. The molecule has 0 saturated heterocycles. The first-order valence-electron chi connectivity index (χ1n) is 5.25. The van der Waals surface area contributed by atoms with Crippen LogP contribution in [0, 0.1) is 5.82 Å². The maximum atomic E-state index is 13.2. The first kappa shape index (κ1) is 14.0. The number of nitrogens with one attached hydrogen (secondary N) is 1. The van der Waals surface area contributed by atoms with Gasteiger partial charge in [-0.05, 0) is 18.6 Å². The average molecular weight is 262 g/mol. The van der Waals surface area contributed by atoms with E-state index < -0.39 is 27.0 Å². The Hall–Kier alpha value is -1.05. The molecule has 0 aliphatic carbocycles. The summed E-state index contributed by atoms with van der Waals surface area (Å²) in [5, 5.41) is 8.74. The molecular formula is C10H15FN2O3S. The molecule has 2 N–H and O–H groups in total. The van der Waals surface area contributed by atoms with Crippen molar-refractivity contribution in [1.29, 1.82) is 0 Å². The SMILES string of the molecule is CCCC(O)CNS(=O)(=O)c1ncccc1F. The van der Waals surface area contributed by atoms with E-state index in [-0.39, 0.29) is 6.54 Å². The van der Waals surface area contributed by atoms with E-state index in [1.54, 1.807) is 0 Å². The van der Waals surface area contributed by atoms with E-state index in [1.165, 1.54) is 12.3 Å². The van der Waals surface area contributed by atoms with E-state index in [0.29, 0.717) is 6.42 Å². The highest BCUT2D eigenvalue weighted by Crippen LogP contribution is 2.09. The standard InChI is InChI=1S/C10H15FN2O3S/c1-2-4-8(14)7-13-17(15,16)10-9(11)5-3-6-12-10/h3,5-6,8,13-14H,2,4,7H2,1H3. The lowest BCUT2D eigenvalue weighted by atomic mass is 10.2. The number of sulfonamides is 1. The number of aliphatic hydroxyl groups is 1. The summed E-state index contributed by atoms with van der Waals surface area (Å²) >= 11 is 0. The topological polar surface area (TPSA) is 79.3 Å². The molecule has 0 fully saturated rings. The molecule has 1 heterocycles. The second kappa shape index (κ2) is 6.04. The minimum absolute atomic E-state index is 0.147. The first-order valence-corrected chi connectivity index (χ1v) is 6.74. The third-order valence-corrected chi connectivity index (χ3v) is 3.47. The molecule has 0 aliphatic rings. The summed E-state index contributed by atoms with van der Waals surface area (Å²) in [4.78, 5) is 3.47. The van der Waals surface area contributed by atoms with Gasteiger partial charge < -0.3 is 5.11 Å². The molecule has 0 aliphatic heterocycles. The smallest absolute Gasteiger partial charge is 0.261 e. The third kappa shape index (κ3) is 4.03. The van der Waals surface area contributed by atoms with Crippen LogP contribution in [0.15, 0.2) is 23.4 Å². The Morgan fingerprint density at radius 1 is 1.59 bits per heavy atom. The van der Waals surface area contributed by atoms with Gasteiger partial charge in [-0.25, -0.2) is 22.5 Å². The van der Waals surface area contributed by atoms with E-state index in [9.17, 15) is 17.9 Å². The van der Waals surface area contributed by atoms with Gasteiger partial charge in [0.2, 0.25) is 5.03 Å². The number of hydrogen-bond acceptors (Lipinski definition) is 4. The Balaban J connectivity index is 2.73. The molecule has 0 saturated carbocycles. The van der Waals surface area contributed by atoms with Crippen molar-refractivity contribution < 1.29 is 17.9 Å². The summed E-state index contributed by atoms with van der Waals surface area (Å²) in [5.41, 5.74) is 0. The number of aliphatic hydroxyl groups excluding tert-OH is 1. The Morgan fingerprint density at radius 2 is 2.29 bits per heavy atom. The summed E-state index contributed by atoms with van der Waals surface area (Å²) < 4.78 is 38.6. The first-order chi connectivity index (χ1) is 7.97. The van der Waals surface area contributed by atoms with Crippen LogP contribution in [0.25, 0.3) is 0 Å². The molecule has 0 aromatic carbocycles. The van der Waals surface area contributed by atoms with Crippen molar-refractivity contribution in [1.82, 2.24) is 9.71 Å². The molecular weight excluding hydrogens is 247 g/mol. The van der Waals surface area contributed by atoms with Crippen LogP contribution in [0.1, 0.15) is 19.8 Å². The molecule has 0 amide bonds. The highest BCUT2D eigenvalue weighted by molar-refractivity contribution is 7.89. The zero-order valence-electron chi connectivity index (χ0n) is 9.43. The Labute approximate surface area is 99.7 Å². The molecule has 1 aromatic rings. The van der Waals surface area contributed by atoms with E-state index in [0.717, 1.165) is 12.5 Å². The summed E-state index contributed by atoms with van der Waals surface area (Å²) in [6.45, 7) is 1.72. The molecule has 7 heteroatoms. The normalized spacial score (nSPS) is 13.6. The van der Waals surface area contributed by atoms with Crippen LogP contribution >= 0.6 is 0 Å². The molecule has 5 nitrogen and oxygen atoms in total. The van der Waals surface area contributed by atoms with Crippen LogP contribution in [0.4, 0.5) is 4.39 Å². The highest BCUT2D eigenvalue weighted by atomic mass is 32.2. The zero-order valence-corrected chi connectivity index (χ0v) is 10.2. The lowest BCUT2D eigenvalue weighted by Crippen LogP contribution is -2.33. The number of aromatic nitrogens is 1. The van der Waals surface area contributed by atoms with Gasteiger partial charge in [0.05, 0.1) is 6.10 Å². The molecule has 17 heavy (non-hydrogen) atoms. The fourth-order valence-electron chi connectivity index (χ4n) is 1.28. The molecule has 0 spiro atoms. The van der Waals surface area contributed by atoms with Gasteiger partial charge in [-0.2, -0.15) is 0 Å². The summed E-state index contributed by atoms with van der Waals surface area (Å²) in [6, 6.07) is 2.32. The quantitative estimate of drug-likeness (QED) is 0.789. The minimum Gasteiger partial charge on any atom is -0.392 e. The zero-order chi connectivity index (χ0) is 12.9. The van der Waals surface area contributed by atoms with E-state index >= 15 is 0 Å². The minimum atomic E-state index is -4.00. The third-order valence-electron chi connectivity index (χ3n) is 2.11. The summed E-state index contributed by atoms with van der Waals surface area (Å²) in [6.07, 6.45) is 1.63. The number of rotatable bonds is 6. The molecule has 0 radical (unpaired) electrons. The lowest BCUT2D eigenvalue weighted by molar-refractivity contribution is 0.167. The van der Waals surface area contributed by atoms with Gasteiger partial charge in [0.25, 0.3) is 10.0 Å². The fourth-order valence-corrected chi connectivity index (χ4v) is 2.35. The Morgan fingerprint density at radius 3 is 2.88 bits per heavy atom. The molecule has 1 unspecified atom stereocenters. The average Bonchev–Trinajstić information content (AvgIpc) is 2.27. The molecule has 1 atom stereocenters. The van der Waals surface area contributed by atoms with E-state index in [4.69, 9.17) is 0 Å². The highest BCUT2D eigenvalue weighted by Gasteiger charge is 2.20. The van der Waals surface area contributed by atoms with Gasteiger partial charge in [0.15, 0.2) is 5.82 Å². The lowest BCUT2D eigenvalue weighted by Gasteiger charge is -2.10. The summed E-state index contributed by atoms with van der Waals surface area (Å²) in [5.74, 6) is -0.912.